The molecule has 0 aliphatic heterocycles. The zero-order valence-corrected chi connectivity index (χ0v) is 9.30. The van der Waals surface area contributed by atoms with E-state index in [1.807, 2.05) is 0 Å². The van der Waals surface area contributed by atoms with Gasteiger partial charge in [-0.15, -0.1) is 13.2 Å². The number of hydrogen-bond acceptors (Lipinski definition) is 3. The molecule has 0 fully saturated rings. The van der Waals surface area contributed by atoms with Crippen LogP contribution in [0.3, 0.4) is 0 Å². The minimum Gasteiger partial charge on any atom is -0.404 e. The van der Waals surface area contributed by atoms with Gasteiger partial charge in [0, 0.05) is 0 Å². The molecule has 0 unspecified atom stereocenters. The van der Waals surface area contributed by atoms with Crippen molar-refractivity contribution in [3.05, 3.63) is 24.0 Å². The second-order valence-corrected chi connectivity index (χ2v) is 3.90. The Labute approximate surface area is 96.8 Å². The molecule has 0 aliphatic rings. The van der Waals surface area contributed by atoms with Gasteiger partial charge in [-0.3, -0.25) is 0 Å². The minimum atomic E-state index is -4.71. The summed E-state index contributed by atoms with van der Waals surface area (Å²) in [6.07, 6.45) is -3.75. The summed E-state index contributed by atoms with van der Waals surface area (Å²) in [7, 11) is 0. The number of ether oxygens (including phenoxy) is 1. The van der Waals surface area contributed by atoms with E-state index in [1.54, 1.807) is 13.8 Å². The van der Waals surface area contributed by atoms with Crippen molar-refractivity contribution in [1.29, 1.82) is 0 Å². The van der Waals surface area contributed by atoms with Crippen LogP contribution in [0.1, 0.15) is 19.5 Å². The van der Waals surface area contributed by atoms with Crippen LogP contribution in [-0.4, -0.2) is 16.9 Å². The molecule has 0 amide bonds. The van der Waals surface area contributed by atoms with Gasteiger partial charge in [0.2, 0.25) is 0 Å². The maximum Gasteiger partial charge on any atom is 0.573 e. The first-order valence-electron chi connectivity index (χ1n) is 4.70. The van der Waals surface area contributed by atoms with Gasteiger partial charge >= 0.3 is 6.36 Å². The molecule has 3 nitrogen and oxygen atoms in total. The molecule has 92 valence electrons. The van der Waals surface area contributed by atoms with Crippen LogP contribution in [0.15, 0.2) is 18.3 Å². The summed E-state index contributed by atoms with van der Waals surface area (Å²) in [5.41, 5.74) is 5.28. The zero-order valence-electron chi connectivity index (χ0n) is 9.30. The number of pyridine rings is 1. The molecule has 0 aromatic carbocycles. The molecular formula is C11H11F3N2O. The third kappa shape index (κ3) is 5.78. The summed E-state index contributed by atoms with van der Waals surface area (Å²) >= 11 is 0. The van der Waals surface area contributed by atoms with E-state index in [2.05, 4.69) is 21.6 Å². The highest BCUT2D eigenvalue weighted by atomic mass is 19.4. The lowest BCUT2D eigenvalue weighted by molar-refractivity contribution is -0.274. The van der Waals surface area contributed by atoms with Gasteiger partial charge in [-0.1, -0.05) is 5.92 Å². The third-order valence-corrected chi connectivity index (χ3v) is 1.48. The highest BCUT2D eigenvalue weighted by Gasteiger charge is 2.31. The fraction of sp³-hybridized carbons (Fsp3) is 0.364. The van der Waals surface area contributed by atoms with Crippen LogP contribution in [0.25, 0.3) is 0 Å². The smallest absolute Gasteiger partial charge is 0.404 e. The lowest BCUT2D eigenvalue weighted by Gasteiger charge is -2.08. The van der Waals surface area contributed by atoms with E-state index in [9.17, 15) is 13.2 Å². The van der Waals surface area contributed by atoms with Crippen LogP contribution in [0, 0.1) is 11.8 Å². The van der Waals surface area contributed by atoms with Gasteiger partial charge in [-0.05, 0) is 31.9 Å². The maximum absolute atomic E-state index is 11.9. The van der Waals surface area contributed by atoms with Crippen molar-refractivity contribution in [3.63, 3.8) is 0 Å². The molecule has 0 saturated carbocycles. The summed E-state index contributed by atoms with van der Waals surface area (Å²) in [6.45, 7) is 3.42. The molecule has 0 spiro atoms. The minimum absolute atomic E-state index is 0.332. The second kappa shape index (κ2) is 4.63. The molecule has 1 rings (SSSR count). The summed E-state index contributed by atoms with van der Waals surface area (Å²) in [5, 5.41) is 0. The first-order chi connectivity index (χ1) is 7.66. The molecule has 2 N–H and O–H groups in total. The van der Waals surface area contributed by atoms with Gasteiger partial charge < -0.3 is 10.5 Å². The van der Waals surface area contributed by atoms with E-state index in [0.717, 1.165) is 12.3 Å². The summed E-state index contributed by atoms with van der Waals surface area (Å²) in [6, 6.07) is 2.48. The Morgan fingerprint density at radius 1 is 1.29 bits per heavy atom. The number of nitrogens with two attached hydrogens (primary N) is 1. The Kier molecular flexibility index (Phi) is 3.63. The van der Waals surface area contributed by atoms with Crippen molar-refractivity contribution in [2.45, 2.75) is 25.7 Å². The Hall–Kier alpha value is -1.74. The van der Waals surface area contributed by atoms with Gasteiger partial charge in [0.25, 0.3) is 0 Å². The van der Waals surface area contributed by atoms with Crippen LogP contribution < -0.4 is 10.5 Å². The Morgan fingerprint density at radius 2 is 1.94 bits per heavy atom. The van der Waals surface area contributed by atoms with Gasteiger partial charge in [0.05, 0.1) is 11.7 Å². The molecule has 1 heterocycles. The Balaban J connectivity index is 2.78. The fourth-order valence-corrected chi connectivity index (χ4v) is 0.873. The molecule has 17 heavy (non-hydrogen) atoms. The van der Waals surface area contributed by atoms with Crippen molar-refractivity contribution in [3.8, 4) is 17.6 Å². The van der Waals surface area contributed by atoms with E-state index < -0.39 is 11.9 Å². The molecule has 0 bridgehead atoms. The van der Waals surface area contributed by atoms with E-state index in [1.165, 1.54) is 6.07 Å². The highest BCUT2D eigenvalue weighted by molar-refractivity contribution is 5.33. The average Bonchev–Trinajstić information content (AvgIpc) is 2.13. The first-order valence-corrected chi connectivity index (χ1v) is 4.70. The molecule has 1 aromatic rings. The molecule has 0 aliphatic carbocycles. The standard InChI is InChI=1S/C11H11F3N2O/c1-10(2,15)6-5-8-3-4-9(7-16-8)17-11(12,13)14/h3-4,7H,15H2,1-2H3. The number of halogens is 3. The van der Waals surface area contributed by atoms with E-state index in [-0.39, 0.29) is 5.75 Å². The maximum atomic E-state index is 11.9. The van der Waals surface area contributed by atoms with E-state index in [0.29, 0.717) is 5.69 Å². The normalized spacial score (nSPS) is 11.6. The number of aromatic nitrogens is 1. The molecule has 6 heteroatoms. The predicted molar refractivity (Wildman–Crippen MR) is 56.1 cm³/mol. The van der Waals surface area contributed by atoms with Gasteiger partial charge in [-0.2, -0.15) is 0 Å². The van der Waals surface area contributed by atoms with Gasteiger partial charge in [-0.25, -0.2) is 4.98 Å². The third-order valence-electron chi connectivity index (χ3n) is 1.48. The van der Waals surface area contributed by atoms with Crippen molar-refractivity contribution in [1.82, 2.24) is 4.98 Å². The van der Waals surface area contributed by atoms with Crippen molar-refractivity contribution >= 4 is 0 Å². The molecule has 1 aromatic heterocycles. The monoisotopic (exact) mass is 244 g/mol. The number of rotatable bonds is 1. The number of alkyl halides is 3. The van der Waals surface area contributed by atoms with Crippen LogP contribution in [0.5, 0.6) is 5.75 Å². The van der Waals surface area contributed by atoms with Gasteiger partial charge in [0.1, 0.15) is 11.4 Å². The first kappa shape index (κ1) is 13.3. The largest absolute Gasteiger partial charge is 0.573 e. The van der Waals surface area contributed by atoms with Crippen molar-refractivity contribution in [2.75, 3.05) is 0 Å². The van der Waals surface area contributed by atoms with Crippen molar-refractivity contribution < 1.29 is 17.9 Å². The van der Waals surface area contributed by atoms with Crippen LogP contribution >= 0.6 is 0 Å². The van der Waals surface area contributed by atoms with Crippen LogP contribution in [-0.2, 0) is 0 Å². The molecular weight excluding hydrogens is 233 g/mol. The van der Waals surface area contributed by atoms with Crippen LogP contribution in [0.2, 0.25) is 0 Å². The second-order valence-electron chi connectivity index (χ2n) is 3.90. The van der Waals surface area contributed by atoms with Gasteiger partial charge in [0.15, 0.2) is 0 Å². The van der Waals surface area contributed by atoms with Crippen molar-refractivity contribution in [2.24, 2.45) is 5.73 Å². The number of nitrogens with zero attached hydrogens (tertiary/aromatic N) is 1. The quantitative estimate of drug-likeness (QED) is 0.769. The van der Waals surface area contributed by atoms with Crippen LogP contribution in [0.4, 0.5) is 13.2 Å². The van der Waals surface area contributed by atoms with E-state index >= 15 is 0 Å². The Bertz CT molecular complexity index is 435. The molecule has 0 radical (unpaired) electrons. The highest BCUT2D eigenvalue weighted by Crippen LogP contribution is 2.21. The SMILES string of the molecule is CC(C)(N)C#Cc1ccc(OC(F)(F)F)cn1. The fourth-order valence-electron chi connectivity index (χ4n) is 0.873. The van der Waals surface area contributed by atoms with E-state index in [4.69, 9.17) is 5.73 Å². The Morgan fingerprint density at radius 3 is 2.35 bits per heavy atom. The lowest BCUT2D eigenvalue weighted by Crippen LogP contribution is -2.29. The molecule has 0 atom stereocenters. The summed E-state index contributed by atoms with van der Waals surface area (Å²) in [4.78, 5) is 3.71. The lowest BCUT2D eigenvalue weighted by atomic mass is 10.1. The predicted octanol–water partition coefficient (Wildman–Crippen LogP) is 2.07. The zero-order chi connectivity index (χ0) is 13.1. The topological polar surface area (TPSA) is 48.1 Å². The number of hydrogen-bond donors (Lipinski definition) is 1. The summed E-state index contributed by atoms with van der Waals surface area (Å²) < 4.78 is 39.2. The summed E-state index contributed by atoms with van der Waals surface area (Å²) in [5.74, 6) is 4.98. The average molecular weight is 244 g/mol. The molecule has 0 saturated heterocycles.